The first kappa shape index (κ1) is 12.8. The van der Waals surface area contributed by atoms with Gasteiger partial charge in [-0.2, -0.15) is 0 Å². The minimum Gasteiger partial charge on any atom is -0.308 e. The highest BCUT2D eigenvalue weighted by atomic mass is 15.3. The van der Waals surface area contributed by atoms with E-state index in [2.05, 4.69) is 47.5 Å². The van der Waals surface area contributed by atoms with E-state index in [0.717, 1.165) is 18.5 Å². The summed E-state index contributed by atoms with van der Waals surface area (Å²) in [7, 11) is 0. The van der Waals surface area contributed by atoms with Gasteiger partial charge in [0.05, 0.1) is 0 Å². The SMILES string of the molecule is CC1CC1N1CC2(CCCC2)NCC1c1ccccc1. The molecule has 2 aliphatic carbocycles. The maximum atomic E-state index is 3.93. The number of benzene rings is 1. The zero-order chi connectivity index (χ0) is 13.6. The number of nitrogens with zero attached hydrogens (tertiary/aromatic N) is 1. The van der Waals surface area contributed by atoms with Crippen LogP contribution in [0, 0.1) is 5.92 Å². The van der Waals surface area contributed by atoms with Crippen LogP contribution in [0.2, 0.25) is 0 Å². The molecule has 0 amide bonds. The van der Waals surface area contributed by atoms with Gasteiger partial charge in [0.1, 0.15) is 0 Å². The Morgan fingerprint density at radius 1 is 1.15 bits per heavy atom. The molecule has 2 heteroatoms. The lowest BCUT2D eigenvalue weighted by Gasteiger charge is -2.47. The molecule has 1 N–H and O–H groups in total. The molecule has 2 saturated carbocycles. The predicted octanol–water partition coefficient (Wildman–Crippen LogP) is 3.35. The van der Waals surface area contributed by atoms with Crippen LogP contribution in [-0.2, 0) is 0 Å². The first-order valence-corrected chi connectivity index (χ1v) is 8.33. The van der Waals surface area contributed by atoms with Gasteiger partial charge in [-0.25, -0.2) is 0 Å². The van der Waals surface area contributed by atoms with Crippen LogP contribution in [0.4, 0.5) is 0 Å². The molecule has 1 aliphatic heterocycles. The predicted molar refractivity (Wildman–Crippen MR) is 82.7 cm³/mol. The van der Waals surface area contributed by atoms with Crippen molar-refractivity contribution in [2.45, 2.75) is 56.7 Å². The third-order valence-electron chi connectivity index (χ3n) is 5.79. The average Bonchev–Trinajstić information content (AvgIpc) is 3.05. The van der Waals surface area contributed by atoms with E-state index in [0.29, 0.717) is 11.6 Å². The molecule has 3 atom stereocenters. The van der Waals surface area contributed by atoms with Gasteiger partial charge in [-0.05, 0) is 30.7 Å². The summed E-state index contributed by atoms with van der Waals surface area (Å²) in [6.07, 6.45) is 6.99. The van der Waals surface area contributed by atoms with Crippen molar-refractivity contribution in [1.82, 2.24) is 10.2 Å². The van der Waals surface area contributed by atoms with Crippen molar-refractivity contribution in [1.29, 1.82) is 0 Å². The second kappa shape index (κ2) is 4.85. The summed E-state index contributed by atoms with van der Waals surface area (Å²) >= 11 is 0. The highest BCUT2D eigenvalue weighted by Crippen LogP contribution is 2.44. The van der Waals surface area contributed by atoms with E-state index in [1.807, 2.05) is 0 Å². The Morgan fingerprint density at radius 3 is 2.50 bits per heavy atom. The lowest BCUT2D eigenvalue weighted by Crippen LogP contribution is -2.60. The van der Waals surface area contributed by atoms with Crippen LogP contribution >= 0.6 is 0 Å². The number of nitrogens with one attached hydrogen (secondary N) is 1. The van der Waals surface area contributed by atoms with Gasteiger partial charge in [0.25, 0.3) is 0 Å². The fourth-order valence-electron chi connectivity index (χ4n) is 4.43. The van der Waals surface area contributed by atoms with Crippen molar-refractivity contribution in [2.75, 3.05) is 13.1 Å². The van der Waals surface area contributed by atoms with Gasteiger partial charge in [-0.1, -0.05) is 50.1 Å². The van der Waals surface area contributed by atoms with E-state index >= 15 is 0 Å². The van der Waals surface area contributed by atoms with Gasteiger partial charge >= 0.3 is 0 Å². The van der Waals surface area contributed by atoms with Crippen LogP contribution in [0.25, 0.3) is 0 Å². The molecule has 2 nitrogen and oxygen atoms in total. The topological polar surface area (TPSA) is 15.3 Å². The molecule has 3 aliphatic rings. The molecular formula is C18H26N2. The standard InChI is InChI=1S/C18H26N2/c1-14-11-16(14)20-13-18(9-5-6-10-18)19-12-17(20)15-7-3-2-4-8-15/h2-4,7-8,14,16-17,19H,5-6,9-13H2,1H3. The first-order valence-electron chi connectivity index (χ1n) is 8.33. The van der Waals surface area contributed by atoms with Crippen molar-refractivity contribution in [2.24, 2.45) is 5.92 Å². The van der Waals surface area contributed by atoms with E-state index in [1.165, 1.54) is 44.2 Å². The molecule has 20 heavy (non-hydrogen) atoms. The molecule has 3 fully saturated rings. The number of piperazine rings is 1. The Bertz CT molecular complexity index is 464. The average molecular weight is 270 g/mol. The second-order valence-electron chi connectivity index (χ2n) is 7.25. The van der Waals surface area contributed by atoms with E-state index in [1.54, 1.807) is 0 Å². The maximum Gasteiger partial charge on any atom is 0.0476 e. The highest BCUT2D eigenvalue weighted by molar-refractivity contribution is 5.22. The van der Waals surface area contributed by atoms with E-state index in [9.17, 15) is 0 Å². The molecule has 1 aromatic rings. The molecule has 1 heterocycles. The summed E-state index contributed by atoms with van der Waals surface area (Å²) in [6.45, 7) is 4.81. The zero-order valence-electron chi connectivity index (χ0n) is 12.5. The van der Waals surface area contributed by atoms with Gasteiger partial charge < -0.3 is 5.32 Å². The smallest absolute Gasteiger partial charge is 0.0476 e. The van der Waals surface area contributed by atoms with Crippen LogP contribution < -0.4 is 5.32 Å². The Kier molecular flexibility index (Phi) is 3.12. The van der Waals surface area contributed by atoms with Crippen LogP contribution in [-0.4, -0.2) is 29.6 Å². The third kappa shape index (κ3) is 2.19. The lowest BCUT2D eigenvalue weighted by molar-refractivity contribution is 0.0692. The van der Waals surface area contributed by atoms with Crippen molar-refractivity contribution in [3.05, 3.63) is 35.9 Å². The van der Waals surface area contributed by atoms with E-state index < -0.39 is 0 Å². The minimum absolute atomic E-state index is 0.438. The number of hydrogen-bond donors (Lipinski definition) is 1. The molecule has 108 valence electrons. The number of rotatable bonds is 2. The molecular weight excluding hydrogens is 244 g/mol. The molecule has 1 aromatic carbocycles. The van der Waals surface area contributed by atoms with Crippen molar-refractivity contribution in [3.63, 3.8) is 0 Å². The molecule has 4 rings (SSSR count). The first-order chi connectivity index (χ1) is 9.77. The van der Waals surface area contributed by atoms with Crippen molar-refractivity contribution < 1.29 is 0 Å². The Hall–Kier alpha value is -0.860. The van der Waals surface area contributed by atoms with Crippen LogP contribution in [0.3, 0.4) is 0 Å². The molecule has 3 unspecified atom stereocenters. The zero-order valence-corrected chi connectivity index (χ0v) is 12.5. The van der Waals surface area contributed by atoms with Crippen molar-refractivity contribution >= 4 is 0 Å². The van der Waals surface area contributed by atoms with Gasteiger partial charge in [0, 0.05) is 30.7 Å². The monoisotopic (exact) mass is 270 g/mol. The van der Waals surface area contributed by atoms with Crippen LogP contribution in [0.5, 0.6) is 0 Å². The molecule has 1 spiro atoms. The van der Waals surface area contributed by atoms with Gasteiger partial charge in [-0.3, -0.25) is 4.90 Å². The summed E-state index contributed by atoms with van der Waals surface area (Å²) in [4.78, 5) is 2.84. The fourth-order valence-corrected chi connectivity index (χ4v) is 4.43. The highest BCUT2D eigenvalue weighted by Gasteiger charge is 2.48. The van der Waals surface area contributed by atoms with E-state index in [4.69, 9.17) is 0 Å². The molecule has 1 saturated heterocycles. The normalized spacial score (nSPS) is 36.4. The Labute approximate surface area is 122 Å². The molecule has 0 bridgehead atoms. The van der Waals surface area contributed by atoms with Gasteiger partial charge in [0.15, 0.2) is 0 Å². The second-order valence-corrected chi connectivity index (χ2v) is 7.25. The number of hydrogen-bond acceptors (Lipinski definition) is 2. The molecule has 0 aromatic heterocycles. The van der Waals surface area contributed by atoms with E-state index in [-0.39, 0.29) is 0 Å². The van der Waals surface area contributed by atoms with Gasteiger partial charge in [0.2, 0.25) is 0 Å². The quantitative estimate of drug-likeness (QED) is 0.886. The van der Waals surface area contributed by atoms with Gasteiger partial charge in [-0.15, -0.1) is 0 Å². The largest absolute Gasteiger partial charge is 0.308 e. The van der Waals surface area contributed by atoms with Crippen molar-refractivity contribution in [3.8, 4) is 0 Å². The summed E-state index contributed by atoms with van der Waals surface area (Å²) in [5, 5.41) is 3.93. The Balaban J connectivity index is 1.59. The summed E-state index contributed by atoms with van der Waals surface area (Å²) in [5.74, 6) is 0.901. The minimum atomic E-state index is 0.438. The summed E-state index contributed by atoms with van der Waals surface area (Å²) in [6, 6.07) is 12.5. The Morgan fingerprint density at radius 2 is 1.85 bits per heavy atom. The maximum absolute atomic E-state index is 3.93. The van der Waals surface area contributed by atoms with Crippen LogP contribution in [0.15, 0.2) is 30.3 Å². The summed E-state index contributed by atoms with van der Waals surface area (Å²) < 4.78 is 0. The third-order valence-corrected chi connectivity index (χ3v) is 5.79. The fraction of sp³-hybridized carbons (Fsp3) is 0.667. The lowest BCUT2D eigenvalue weighted by atomic mass is 9.90. The molecule has 0 radical (unpaired) electrons. The van der Waals surface area contributed by atoms with Crippen LogP contribution in [0.1, 0.15) is 50.6 Å². The summed E-state index contributed by atoms with van der Waals surface area (Å²) in [5.41, 5.74) is 1.93.